The fourth-order valence-electron chi connectivity index (χ4n) is 3.98. The lowest BCUT2D eigenvalue weighted by Gasteiger charge is -2.45. The number of likely N-dealkylation sites (tertiary alicyclic amines) is 2. The summed E-state index contributed by atoms with van der Waals surface area (Å²) >= 11 is 0. The van der Waals surface area contributed by atoms with Gasteiger partial charge >= 0.3 is 0 Å². The van der Waals surface area contributed by atoms with E-state index in [1.54, 1.807) is 13.1 Å². The van der Waals surface area contributed by atoms with Crippen LogP contribution in [0, 0.1) is 0 Å². The van der Waals surface area contributed by atoms with Crippen molar-refractivity contribution in [3.05, 3.63) is 22.1 Å². The van der Waals surface area contributed by atoms with E-state index in [-0.39, 0.29) is 17.0 Å². The minimum atomic E-state index is -0.341. The molecule has 1 aromatic heterocycles. The summed E-state index contributed by atoms with van der Waals surface area (Å²) in [7, 11) is 3.81. The Labute approximate surface area is 137 Å². The maximum absolute atomic E-state index is 13.0. The number of nitrogens with zero attached hydrogens (tertiary/aromatic N) is 3. The van der Waals surface area contributed by atoms with Crippen LogP contribution in [-0.2, 0) is 11.8 Å². The molecule has 1 amide bonds. The summed E-state index contributed by atoms with van der Waals surface area (Å²) in [4.78, 5) is 28.9. The first-order valence-electron chi connectivity index (χ1n) is 8.68. The molecule has 1 N–H and O–H groups in total. The zero-order valence-electron chi connectivity index (χ0n) is 14.5. The molecule has 0 spiro atoms. The number of H-pyrrole nitrogens is 1. The molecular weight excluding hydrogens is 292 g/mol. The highest BCUT2D eigenvalue weighted by atomic mass is 16.2. The topological polar surface area (TPSA) is 61.3 Å². The van der Waals surface area contributed by atoms with Crippen LogP contribution in [-0.4, -0.2) is 57.7 Å². The van der Waals surface area contributed by atoms with Crippen molar-refractivity contribution in [2.75, 3.05) is 26.7 Å². The molecular formula is C17H28N4O2. The van der Waals surface area contributed by atoms with Gasteiger partial charge in [-0.3, -0.25) is 24.3 Å². The van der Waals surface area contributed by atoms with Gasteiger partial charge in [0, 0.05) is 37.8 Å². The number of carbonyl (C=O) groups excluding carboxylic acids is 1. The average Bonchev–Trinajstić information content (AvgIpc) is 2.89. The minimum absolute atomic E-state index is 0.00912. The Balaban J connectivity index is 1.64. The van der Waals surface area contributed by atoms with Crippen LogP contribution in [0.1, 0.15) is 50.6 Å². The van der Waals surface area contributed by atoms with E-state index in [9.17, 15) is 9.59 Å². The number of piperidine rings is 2. The van der Waals surface area contributed by atoms with Crippen molar-refractivity contribution in [1.29, 1.82) is 0 Å². The number of nitrogens with one attached hydrogen (secondary N) is 1. The van der Waals surface area contributed by atoms with E-state index in [1.807, 2.05) is 4.90 Å². The van der Waals surface area contributed by atoms with Crippen molar-refractivity contribution in [2.24, 2.45) is 7.05 Å². The lowest BCUT2D eigenvalue weighted by molar-refractivity contribution is -0.146. The van der Waals surface area contributed by atoms with E-state index in [4.69, 9.17) is 0 Å². The number of hydrogen-bond donors (Lipinski definition) is 1. The van der Waals surface area contributed by atoms with E-state index < -0.39 is 0 Å². The monoisotopic (exact) mass is 320 g/mol. The Morgan fingerprint density at radius 3 is 2.48 bits per heavy atom. The van der Waals surface area contributed by atoms with Crippen molar-refractivity contribution in [1.82, 2.24) is 19.6 Å². The van der Waals surface area contributed by atoms with E-state index in [2.05, 4.69) is 24.0 Å². The van der Waals surface area contributed by atoms with E-state index >= 15 is 0 Å². The Hall–Kier alpha value is -1.56. The Kier molecular flexibility index (Phi) is 4.36. The molecule has 2 saturated heterocycles. The van der Waals surface area contributed by atoms with Crippen LogP contribution < -0.4 is 5.56 Å². The lowest BCUT2D eigenvalue weighted by atomic mass is 9.86. The third-order valence-electron chi connectivity index (χ3n) is 5.84. The van der Waals surface area contributed by atoms with Gasteiger partial charge in [-0.2, -0.15) is 0 Å². The highest BCUT2D eigenvalue weighted by Crippen LogP contribution is 2.32. The molecule has 128 valence electrons. The number of rotatable bonds is 2. The van der Waals surface area contributed by atoms with Crippen molar-refractivity contribution in [3.63, 3.8) is 0 Å². The standard InChI is InChI=1S/C17H28N4O2/c1-17(8-4-5-9-19(17)2)16(23)21-10-6-13(7-11-21)14-12-15(22)20(3)18-14/h12-13,18H,4-11H2,1-3H3. The van der Waals surface area contributed by atoms with Gasteiger partial charge in [0.05, 0.1) is 5.54 Å². The van der Waals surface area contributed by atoms with Gasteiger partial charge in [0.2, 0.25) is 5.91 Å². The van der Waals surface area contributed by atoms with E-state index in [0.29, 0.717) is 5.92 Å². The van der Waals surface area contributed by atoms with Gasteiger partial charge in [0.25, 0.3) is 5.56 Å². The second-order valence-corrected chi connectivity index (χ2v) is 7.33. The van der Waals surface area contributed by atoms with Crippen LogP contribution in [0.5, 0.6) is 0 Å². The molecule has 1 atom stereocenters. The summed E-state index contributed by atoms with van der Waals surface area (Å²) < 4.78 is 1.52. The zero-order chi connectivity index (χ0) is 16.6. The van der Waals surface area contributed by atoms with Crippen molar-refractivity contribution < 1.29 is 4.79 Å². The highest BCUT2D eigenvalue weighted by Gasteiger charge is 2.42. The van der Waals surface area contributed by atoms with E-state index in [1.165, 1.54) is 11.1 Å². The van der Waals surface area contributed by atoms with Crippen LogP contribution in [0.25, 0.3) is 0 Å². The SMILES string of the molecule is CN1CCCCC1(C)C(=O)N1CCC(c2cc(=O)n(C)[nH]2)CC1. The fourth-order valence-corrected chi connectivity index (χ4v) is 3.98. The first-order valence-corrected chi connectivity index (χ1v) is 8.68. The van der Waals surface area contributed by atoms with Gasteiger partial charge in [-0.15, -0.1) is 0 Å². The van der Waals surface area contributed by atoms with Crippen LogP contribution in [0.4, 0.5) is 0 Å². The molecule has 3 rings (SSSR count). The van der Waals surface area contributed by atoms with Gasteiger partial charge in [-0.25, -0.2) is 0 Å². The minimum Gasteiger partial charge on any atom is -0.341 e. The Bertz CT molecular complexity index is 627. The number of hydrogen-bond acceptors (Lipinski definition) is 3. The second kappa shape index (κ2) is 6.15. The number of aromatic amines is 1. The summed E-state index contributed by atoms with van der Waals surface area (Å²) in [6.07, 6.45) is 5.11. The summed E-state index contributed by atoms with van der Waals surface area (Å²) in [6, 6.07) is 1.69. The highest BCUT2D eigenvalue weighted by molar-refractivity contribution is 5.86. The summed E-state index contributed by atoms with van der Waals surface area (Å²) in [5.74, 6) is 0.629. The van der Waals surface area contributed by atoms with Gasteiger partial charge in [0.15, 0.2) is 0 Å². The molecule has 3 heterocycles. The molecule has 0 aromatic carbocycles. The summed E-state index contributed by atoms with van der Waals surface area (Å²) in [6.45, 7) is 4.66. The predicted molar refractivity (Wildman–Crippen MR) is 89.5 cm³/mol. The van der Waals surface area contributed by atoms with Gasteiger partial charge in [-0.05, 0) is 52.6 Å². The molecule has 0 aliphatic carbocycles. The molecule has 2 fully saturated rings. The molecule has 2 aliphatic heterocycles. The third kappa shape index (κ3) is 2.96. The molecule has 1 unspecified atom stereocenters. The van der Waals surface area contributed by atoms with Crippen molar-refractivity contribution >= 4 is 5.91 Å². The molecule has 2 aliphatic rings. The Morgan fingerprint density at radius 2 is 1.91 bits per heavy atom. The quantitative estimate of drug-likeness (QED) is 0.893. The molecule has 0 saturated carbocycles. The normalized spacial score (nSPS) is 27.3. The van der Waals surface area contributed by atoms with Gasteiger partial charge < -0.3 is 4.90 Å². The summed E-state index contributed by atoms with van der Waals surface area (Å²) in [5, 5.41) is 3.13. The van der Waals surface area contributed by atoms with Crippen molar-refractivity contribution in [3.8, 4) is 0 Å². The van der Waals surface area contributed by atoms with E-state index in [0.717, 1.165) is 51.0 Å². The molecule has 0 radical (unpaired) electrons. The largest absolute Gasteiger partial charge is 0.341 e. The van der Waals surface area contributed by atoms with Crippen LogP contribution in [0.15, 0.2) is 10.9 Å². The first-order chi connectivity index (χ1) is 10.9. The predicted octanol–water partition coefficient (Wildman–Crippen LogP) is 1.29. The molecule has 1 aromatic rings. The van der Waals surface area contributed by atoms with Gasteiger partial charge in [-0.1, -0.05) is 0 Å². The zero-order valence-corrected chi connectivity index (χ0v) is 14.5. The average molecular weight is 320 g/mol. The Morgan fingerprint density at radius 1 is 1.22 bits per heavy atom. The first kappa shape index (κ1) is 16.3. The van der Waals surface area contributed by atoms with Crippen LogP contribution >= 0.6 is 0 Å². The fraction of sp³-hybridized carbons (Fsp3) is 0.765. The maximum Gasteiger partial charge on any atom is 0.266 e. The number of carbonyl (C=O) groups is 1. The van der Waals surface area contributed by atoms with Crippen LogP contribution in [0.2, 0.25) is 0 Å². The summed E-state index contributed by atoms with van der Waals surface area (Å²) in [5.41, 5.74) is 0.673. The van der Waals surface area contributed by atoms with Gasteiger partial charge in [0.1, 0.15) is 0 Å². The smallest absolute Gasteiger partial charge is 0.266 e. The second-order valence-electron chi connectivity index (χ2n) is 7.33. The molecule has 23 heavy (non-hydrogen) atoms. The number of aryl methyl sites for hydroxylation is 1. The number of aromatic nitrogens is 2. The number of amides is 1. The third-order valence-corrected chi connectivity index (χ3v) is 5.84. The lowest BCUT2D eigenvalue weighted by Crippen LogP contribution is -2.59. The van der Waals surface area contributed by atoms with Crippen molar-refractivity contribution in [2.45, 2.75) is 50.5 Å². The number of likely N-dealkylation sites (N-methyl/N-ethyl adjacent to an activating group) is 1. The van der Waals surface area contributed by atoms with Crippen LogP contribution in [0.3, 0.4) is 0 Å². The maximum atomic E-state index is 13.0. The molecule has 6 heteroatoms. The molecule has 0 bridgehead atoms. The molecule has 6 nitrogen and oxygen atoms in total.